The number of amides is 2. The monoisotopic (exact) mass is 389 g/mol. The van der Waals surface area contributed by atoms with Gasteiger partial charge in [0, 0.05) is 18.8 Å². The number of aliphatic hydroxyl groups excluding tert-OH is 1. The number of aromatic hydroxyl groups is 1. The minimum Gasteiger partial charge on any atom is -0.503 e. The molecule has 0 radical (unpaired) electrons. The number of benzene rings is 1. The van der Waals surface area contributed by atoms with Crippen molar-refractivity contribution in [3.8, 4) is 5.75 Å². The van der Waals surface area contributed by atoms with Crippen molar-refractivity contribution in [3.05, 3.63) is 63.3 Å². The molecule has 0 aliphatic carbocycles. The van der Waals surface area contributed by atoms with E-state index >= 15 is 0 Å². The first-order valence-corrected chi connectivity index (χ1v) is 8.70. The number of nitrogens with one attached hydrogen (secondary N) is 1. The molecule has 2 aromatic rings. The molecule has 0 saturated heterocycles. The zero-order valence-electron chi connectivity index (χ0n) is 15.3. The fourth-order valence-corrected chi connectivity index (χ4v) is 3.16. The number of rotatable bonds is 4. The van der Waals surface area contributed by atoms with E-state index in [1.165, 1.54) is 28.8 Å². The standard InChI is InChI=1S/C19H20FN3O5/c1-10(2)23-14(24)9-22-8-13(16(25)17(26)15(22)19(23)28)18(27)21-7-11-3-5-12(20)6-4-11/h3-6,8,10,14,24,26H,7,9H2,1-2H3,(H,21,27). The molecule has 8 nitrogen and oxygen atoms in total. The lowest BCUT2D eigenvalue weighted by Gasteiger charge is -2.37. The van der Waals surface area contributed by atoms with Crippen molar-refractivity contribution >= 4 is 11.8 Å². The number of carbonyl (C=O) groups excluding carboxylic acids is 2. The Morgan fingerprint density at radius 2 is 1.93 bits per heavy atom. The summed E-state index contributed by atoms with van der Waals surface area (Å²) in [4.78, 5) is 38.6. The predicted molar refractivity (Wildman–Crippen MR) is 97.2 cm³/mol. The van der Waals surface area contributed by atoms with Gasteiger partial charge < -0.3 is 25.0 Å². The van der Waals surface area contributed by atoms with Gasteiger partial charge in [0.2, 0.25) is 5.43 Å². The van der Waals surface area contributed by atoms with E-state index in [4.69, 9.17) is 0 Å². The topological polar surface area (TPSA) is 112 Å². The summed E-state index contributed by atoms with van der Waals surface area (Å²) in [7, 11) is 0. The quantitative estimate of drug-likeness (QED) is 0.716. The summed E-state index contributed by atoms with van der Waals surface area (Å²) in [5.74, 6) is -2.70. The largest absolute Gasteiger partial charge is 0.503 e. The van der Waals surface area contributed by atoms with Gasteiger partial charge in [0.25, 0.3) is 11.8 Å². The van der Waals surface area contributed by atoms with Crippen molar-refractivity contribution in [2.24, 2.45) is 0 Å². The molecule has 2 amide bonds. The molecule has 9 heteroatoms. The van der Waals surface area contributed by atoms with Crippen molar-refractivity contribution in [2.75, 3.05) is 0 Å². The van der Waals surface area contributed by atoms with E-state index < -0.39 is 35.0 Å². The van der Waals surface area contributed by atoms with E-state index in [0.717, 1.165) is 11.1 Å². The van der Waals surface area contributed by atoms with Crippen LogP contribution in [0.1, 0.15) is 40.3 Å². The summed E-state index contributed by atoms with van der Waals surface area (Å²) in [6.45, 7) is 3.35. The van der Waals surface area contributed by atoms with Gasteiger partial charge in [-0.2, -0.15) is 0 Å². The number of nitrogens with zero attached hydrogens (tertiary/aromatic N) is 2. The molecule has 0 spiro atoms. The molecule has 148 valence electrons. The van der Waals surface area contributed by atoms with Crippen LogP contribution in [0.4, 0.5) is 4.39 Å². The minimum atomic E-state index is -1.16. The van der Waals surface area contributed by atoms with Crippen LogP contribution in [0, 0.1) is 5.82 Å². The molecule has 0 bridgehead atoms. The highest BCUT2D eigenvalue weighted by molar-refractivity contribution is 5.99. The molecule has 1 aliphatic rings. The molecular weight excluding hydrogens is 369 g/mol. The van der Waals surface area contributed by atoms with Crippen LogP contribution in [0.25, 0.3) is 0 Å². The van der Waals surface area contributed by atoms with Crippen LogP contribution in [0.15, 0.2) is 35.3 Å². The molecular formula is C19H20FN3O5. The number of hydrogen-bond donors (Lipinski definition) is 3. The molecule has 28 heavy (non-hydrogen) atoms. The zero-order chi connectivity index (χ0) is 20.6. The third-order valence-corrected chi connectivity index (χ3v) is 4.54. The van der Waals surface area contributed by atoms with Gasteiger partial charge in [-0.25, -0.2) is 4.39 Å². The van der Waals surface area contributed by atoms with Gasteiger partial charge in [-0.15, -0.1) is 0 Å². The van der Waals surface area contributed by atoms with Gasteiger partial charge in [0.15, 0.2) is 11.4 Å². The Bertz CT molecular complexity index is 984. The second-order valence-electron chi connectivity index (χ2n) is 6.82. The average Bonchev–Trinajstić information content (AvgIpc) is 2.63. The Morgan fingerprint density at radius 1 is 1.29 bits per heavy atom. The van der Waals surface area contributed by atoms with Crippen LogP contribution in [-0.2, 0) is 13.1 Å². The van der Waals surface area contributed by atoms with E-state index in [0.29, 0.717) is 5.56 Å². The molecule has 3 rings (SSSR count). The maximum absolute atomic E-state index is 12.9. The molecule has 0 saturated carbocycles. The summed E-state index contributed by atoms with van der Waals surface area (Å²) in [5.41, 5.74) is -0.980. The number of halogens is 1. The number of aromatic nitrogens is 1. The number of hydrogen-bond acceptors (Lipinski definition) is 5. The Morgan fingerprint density at radius 3 is 2.54 bits per heavy atom. The van der Waals surface area contributed by atoms with Crippen LogP contribution in [0.2, 0.25) is 0 Å². The highest BCUT2D eigenvalue weighted by Gasteiger charge is 2.36. The first-order chi connectivity index (χ1) is 13.2. The third kappa shape index (κ3) is 3.48. The van der Waals surface area contributed by atoms with Crippen LogP contribution in [0.3, 0.4) is 0 Å². The van der Waals surface area contributed by atoms with Crippen LogP contribution >= 0.6 is 0 Å². The Balaban J connectivity index is 1.90. The second kappa shape index (κ2) is 7.43. The summed E-state index contributed by atoms with van der Waals surface area (Å²) in [6.07, 6.45) is -0.00655. The van der Waals surface area contributed by atoms with Crippen molar-refractivity contribution in [1.82, 2.24) is 14.8 Å². The lowest BCUT2D eigenvalue weighted by molar-refractivity contribution is -0.0255. The summed E-state index contributed by atoms with van der Waals surface area (Å²) >= 11 is 0. The van der Waals surface area contributed by atoms with Gasteiger partial charge >= 0.3 is 0 Å². The van der Waals surface area contributed by atoms with Gasteiger partial charge in [-0.05, 0) is 31.5 Å². The Hall–Kier alpha value is -3.20. The number of fused-ring (bicyclic) bond motifs is 1. The lowest BCUT2D eigenvalue weighted by Crippen LogP contribution is -2.52. The maximum atomic E-state index is 12.9. The molecule has 1 aliphatic heterocycles. The normalized spacial score (nSPS) is 16.2. The van der Waals surface area contributed by atoms with Gasteiger partial charge in [-0.3, -0.25) is 14.4 Å². The van der Waals surface area contributed by atoms with Crippen LogP contribution in [0.5, 0.6) is 5.75 Å². The lowest BCUT2D eigenvalue weighted by atomic mass is 10.1. The fraction of sp³-hybridized carbons (Fsp3) is 0.316. The summed E-state index contributed by atoms with van der Waals surface area (Å²) in [6, 6.07) is 5.12. The molecule has 3 N–H and O–H groups in total. The molecule has 1 aromatic carbocycles. The van der Waals surface area contributed by atoms with E-state index in [1.54, 1.807) is 13.8 Å². The van der Waals surface area contributed by atoms with Crippen molar-refractivity contribution in [2.45, 2.75) is 39.2 Å². The van der Waals surface area contributed by atoms with Crippen LogP contribution < -0.4 is 10.7 Å². The zero-order valence-corrected chi connectivity index (χ0v) is 15.3. The number of carbonyl (C=O) groups is 2. The molecule has 0 fully saturated rings. The summed E-state index contributed by atoms with van der Waals surface area (Å²) in [5, 5.41) is 23.0. The molecule has 1 aromatic heterocycles. The van der Waals surface area contributed by atoms with E-state index in [2.05, 4.69) is 5.32 Å². The maximum Gasteiger partial charge on any atom is 0.276 e. The highest BCUT2D eigenvalue weighted by Crippen LogP contribution is 2.24. The molecule has 1 atom stereocenters. The van der Waals surface area contributed by atoms with E-state index in [-0.39, 0.29) is 30.4 Å². The average molecular weight is 389 g/mol. The SMILES string of the molecule is CC(C)N1C(=O)c2c(O)c(=O)c(C(=O)NCc3ccc(F)cc3)cn2CC1O. The van der Waals surface area contributed by atoms with Gasteiger partial charge in [0.1, 0.15) is 17.6 Å². The summed E-state index contributed by atoms with van der Waals surface area (Å²) < 4.78 is 14.1. The first kappa shape index (κ1) is 19.6. The van der Waals surface area contributed by atoms with E-state index in [1.807, 2.05) is 0 Å². The van der Waals surface area contributed by atoms with E-state index in [9.17, 15) is 29.0 Å². The Kier molecular flexibility index (Phi) is 5.19. The smallest absolute Gasteiger partial charge is 0.276 e. The highest BCUT2D eigenvalue weighted by atomic mass is 19.1. The van der Waals surface area contributed by atoms with Gasteiger partial charge in [0.05, 0.1) is 6.54 Å². The first-order valence-electron chi connectivity index (χ1n) is 8.70. The number of pyridine rings is 1. The van der Waals surface area contributed by atoms with Crippen molar-refractivity contribution in [1.29, 1.82) is 0 Å². The van der Waals surface area contributed by atoms with Crippen molar-refractivity contribution < 1.29 is 24.2 Å². The minimum absolute atomic E-state index is 0.0454. The second-order valence-corrected chi connectivity index (χ2v) is 6.82. The van der Waals surface area contributed by atoms with Crippen LogP contribution in [-0.4, -0.2) is 43.8 Å². The number of aliphatic hydroxyl groups is 1. The molecule has 2 heterocycles. The predicted octanol–water partition coefficient (Wildman–Crippen LogP) is 0.806. The van der Waals surface area contributed by atoms with Crippen molar-refractivity contribution in [3.63, 3.8) is 0 Å². The van der Waals surface area contributed by atoms with Gasteiger partial charge in [-0.1, -0.05) is 12.1 Å². The fourth-order valence-electron chi connectivity index (χ4n) is 3.16. The third-order valence-electron chi connectivity index (χ3n) is 4.54. The Labute approximate surface area is 159 Å². The molecule has 1 unspecified atom stereocenters.